The second-order valence-electron chi connectivity index (χ2n) is 4.76. The maximum absolute atomic E-state index is 11.9. The van der Waals surface area contributed by atoms with E-state index in [0.29, 0.717) is 10.6 Å². The molecule has 0 spiro atoms. The van der Waals surface area contributed by atoms with Crippen LogP contribution in [0.15, 0.2) is 59.2 Å². The summed E-state index contributed by atoms with van der Waals surface area (Å²) in [5.41, 5.74) is 3.01. The maximum Gasteiger partial charge on any atom is 0.363 e. The Morgan fingerprint density at radius 3 is 2.71 bits per heavy atom. The number of carbonyl (C=O) groups is 1. The van der Waals surface area contributed by atoms with E-state index in [-0.39, 0.29) is 11.6 Å². The van der Waals surface area contributed by atoms with E-state index < -0.39 is 5.97 Å². The lowest BCUT2D eigenvalue weighted by atomic mass is 10.1. The number of rotatable bonds is 2. The van der Waals surface area contributed by atoms with Crippen LogP contribution in [0.5, 0.6) is 0 Å². The van der Waals surface area contributed by atoms with E-state index in [1.165, 1.54) is 0 Å². The predicted molar refractivity (Wildman–Crippen MR) is 83.2 cm³/mol. The van der Waals surface area contributed by atoms with Gasteiger partial charge in [-0.15, -0.1) is 0 Å². The van der Waals surface area contributed by atoms with E-state index in [4.69, 9.17) is 16.3 Å². The number of ether oxygens (including phenoxy) is 1. The summed E-state index contributed by atoms with van der Waals surface area (Å²) in [6.45, 7) is 2.00. The lowest BCUT2D eigenvalue weighted by Gasteiger charge is -1.99. The van der Waals surface area contributed by atoms with E-state index >= 15 is 0 Å². The van der Waals surface area contributed by atoms with Crippen molar-refractivity contribution in [2.75, 3.05) is 0 Å². The molecule has 0 saturated heterocycles. The lowest BCUT2D eigenvalue weighted by Crippen LogP contribution is -2.05. The molecule has 0 aromatic heterocycles. The molecule has 0 saturated carbocycles. The maximum atomic E-state index is 11.9. The molecule has 2 aromatic rings. The Hall–Kier alpha value is -2.39. The largest absolute Gasteiger partial charge is 0.402 e. The molecule has 0 aliphatic carbocycles. The predicted octanol–water partition coefficient (Wildman–Crippen LogP) is 3.99. The van der Waals surface area contributed by atoms with Crippen molar-refractivity contribution in [1.29, 1.82) is 0 Å². The second-order valence-corrected chi connectivity index (χ2v) is 5.20. The van der Waals surface area contributed by atoms with Crippen molar-refractivity contribution >= 4 is 29.5 Å². The van der Waals surface area contributed by atoms with E-state index in [2.05, 4.69) is 4.99 Å². The second kappa shape index (κ2) is 5.54. The summed E-state index contributed by atoms with van der Waals surface area (Å²) < 4.78 is 5.20. The van der Waals surface area contributed by atoms with Gasteiger partial charge in [-0.2, -0.15) is 0 Å². The molecule has 0 bridgehead atoms. The number of nitrogens with zero attached hydrogens (tertiary/aromatic N) is 1. The highest BCUT2D eigenvalue weighted by molar-refractivity contribution is 6.31. The molecule has 0 amide bonds. The van der Waals surface area contributed by atoms with Crippen molar-refractivity contribution in [1.82, 2.24) is 0 Å². The van der Waals surface area contributed by atoms with Gasteiger partial charge in [0.15, 0.2) is 5.70 Å². The first-order valence-corrected chi connectivity index (χ1v) is 6.85. The molecule has 1 aliphatic rings. The highest BCUT2D eigenvalue weighted by Gasteiger charge is 2.24. The minimum atomic E-state index is -0.452. The van der Waals surface area contributed by atoms with E-state index in [1.54, 1.807) is 30.3 Å². The molecule has 0 atom stereocenters. The van der Waals surface area contributed by atoms with Gasteiger partial charge in [0.05, 0.1) is 0 Å². The Balaban J connectivity index is 1.95. The molecule has 3 rings (SSSR count). The first-order valence-electron chi connectivity index (χ1n) is 6.47. The van der Waals surface area contributed by atoms with Crippen LogP contribution in [0.2, 0.25) is 5.02 Å². The topological polar surface area (TPSA) is 38.7 Å². The molecule has 4 heteroatoms. The SMILES string of the molecule is Cc1cccc(/C=C2\N=C(c3cccc(Cl)c3)OC2=O)c1. The smallest absolute Gasteiger partial charge is 0.363 e. The van der Waals surface area contributed by atoms with Crippen LogP contribution < -0.4 is 0 Å². The highest BCUT2D eigenvalue weighted by atomic mass is 35.5. The van der Waals surface area contributed by atoms with Gasteiger partial charge in [0.1, 0.15) is 0 Å². The van der Waals surface area contributed by atoms with Crippen molar-refractivity contribution in [3.63, 3.8) is 0 Å². The van der Waals surface area contributed by atoms with Gasteiger partial charge >= 0.3 is 5.97 Å². The summed E-state index contributed by atoms with van der Waals surface area (Å²) in [6.07, 6.45) is 1.72. The molecule has 0 fully saturated rings. The number of benzene rings is 2. The fourth-order valence-electron chi connectivity index (χ4n) is 2.07. The van der Waals surface area contributed by atoms with Gasteiger partial charge in [-0.25, -0.2) is 9.79 Å². The summed E-state index contributed by atoms with van der Waals surface area (Å²) in [6, 6.07) is 14.9. The Bertz CT molecular complexity index is 778. The van der Waals surface area contributed by atoms with Crippen LogP contribution >= 0.6 is 11.6 Å². The minimum absolute atomic E-state index is 0.279. The molecule has 1 aliphatic heterocycles. The molecule has 104 valence electrons. The van der Waals surface area contributed by atoms with Crippen molar-refractivity contribution in [3.05, 3.63) is 75.9 Å². The summed E-state index contributed by atoms with van der Waals surface area (Å²) in [5.74, 6) is -0.173. The molecule has 1 heterocycles. The molecule has 21 heavy (non-hydrogen) atoms. The standard InChI is InChI=1S/C17H12ClNO2/c1-11-4-2-5-12(8-11)9-15-17(20)21-16(19-15)13-6-3-7-14(18)10-13/h2-10H,1H3/b15-9-. The van der Waals surface area contributed by atoms with Crippen LogP contribution in [0.25, 0.3) is 6.08 Å². The summed E-state index contributed by atoms with van der Waals surface area (Å²) in [5, 5.41) is 0.572. The first-order chi connectivity index (χ1) is 10.1. The number of hydrogen-bond acceptors (Lipinski definition) is 3. The Morgan fingerprint density at radius 2 is 1.95 bits per heavy atom. The molecule has 0 radical (unpaired) electrons. The van der Waals surface area contributed by atoms with Gasteiger partial charge in [-0.1, -0.05) is 47.5 Å². The zero-order valence-electron chi connectivity index (χ0n) is 11.3. The zero-order chi connectivity index (χ0) is 14.8. The van der Waals surface area contributed by atoms with Crippen molar-refractivity contribution < 1.29 is 9.53 Å². The zero-order valence-corrected chi connectivity index (χ0v) is 12.1. The molecular weight excluding hydrogens is 286 g/mol. The number of cyclic esters (lactones) is 1. The van der Waals surface area contributed by atoms with Crippen LogP contribution in [-0.2, 0) is 9.53 Å². The van der Waals surface area contributed by atoms with Crippen LogP contribution in [0.1, 0.15) is 16.7 Å². The lowest BCUT2D eigenvalue weighted by molar-refractivity contribution is -0.129. The van der Waals surface area contributed by atoms with Gasteiger partial charge < -0.3 is 4.74 Å². The molecule has 3 nitrogen and oxygen atoms in total. The number of halogens is 1. The van der Waals surface area contributed by atoms with Gasteiger partial charge in [0, 0.05) is 10.6 Å². The van der Waals surface area contributed by atoms with Gasteiger partial charge in [0.2, 0.25) is 5.90 Å². The van der Waals surface area contributed by atoms with E-state index in [9.17, 15) is 4.79 Å². The van der Waals surface area contributed by atoms with Crippen molar-refractivity contribution in [2.24, 2.45) is 4.99 Å². The van der Waals surface area contributed by atoms with Crippen LogP contribution in [0.4, 0.5) is 0 Å². The molecule has 2 aromatic carbocycles. The van der Waals surface area contributed by atoms with Gasteiger partial charge in [0.25, 0.3) is 0 Å². The summed E-state index contributed by atoms with van der Waals surface area (Å²) in [4.78, 5) is 16.1. The monoisotopic (exact) mass is 297 g/mol. The van der Waals surface area contributed by atoms with Crippen molar-refractivity contribution in [2.45, 2.75) is 6.92 Å². The van der Waals surface area contributed by atoms with E-state index in [0.717, 1.165) is 11.1 Å². The Morgan fingerprint density at radius 1 is 1.14 bits per heavy atom. The average Bonchev–Trinajstić information content (AvgIpc) is 2.80. The summed E-state index contributed by atoms with van der Waals surface area (Å²) in [7, 11) is 0. The molecular formula is C17H12ClNO2. The minimum Gasteiger partial charge on any atom is -0.402 e. The Kier molecular flexibility index (Phi) is 3.59. The van der Waals surface area contributed by atoms with Crippen molar-refractivity contribution in [3.8, 4) is 0 Å². The van der Waals surface area contributed by atoms with Crippen LogP contribution in [0.3, 0.4) is 0 Å². The third kappa shape index (κ3) is 3.03. The van der Waals surface area contributed by atoms with Gasteiger partial charge in [-0.3, -0.25) is 0 Å². The number of aliphatic imine (C=N–C) groups is 1. The number of carbonyl (C=O) groups excluding carboxylic acids is 1. The normalized spacial score (nSPS) is 16.0. The number of hydrogen-bond donors (Lipinski definition) is 0. The fraction of sp³-hybridized carbons (Fsp3) is 0.0588. The van der Waals surface area contributed by atoms with Crippen LogP contribution in [-0.4, -0.2) is 11.9 Å². The summed E-state index contributed by atoms with van der Waals surface area (Å²) >= 11 is 5.93. The fourth-order valence-corrected chi connectivity index (χ4v) is 2.26. The number of aryl methyl sites for hydroxylation is 1. The third-order valence-electron chi connectivity index (χ3n) is 3.04. The average molecular weight is 298 g/mol. The highest BCUT2D eigenvalue weighted by Crippen LogP contribution is 2.21. The van der Waals surface area contributed by atoms with Crippen LogP contribution in [0, 0.1) is 6.92 Å². The first kappa shape index (κ1) is 13.6. The Labute approximate surface area is 127 Å². The van der Waals surface area contributed by atoms with Gasteiger partial charge in [-0.05, 0) is 36.8 Å². The van der Waals surface area contributed by atoms with E-state index in [1.807, 2.05) is 31.2 Å². The molecule has 0 unspecified atom stereocenters. The third-order valence-corrected chi connectivity index (χ3v) is 3.27. The number of esters is 1. The quantitative estimate of drug-likeness (QED) is 0.621. The molecule has 0 N–H and O–H groups in total.